The first-order valence-electron chi connectivity index (χ1n) is 6.67. The molecular formula is C17H17BrN2O. The van der Waals surface area contributed by atoms with E-state index in [1.54, 1.807) is 18.2 Å². The van der Waals surface area contributed by atoms with Crippen LogP contribution in [-0.2, 0) is 6.54 Å². The number of nitrogens with one attached hydrogen (secondary N) is 2. The number of anilines is 1. The Morgan fingerprint density at radius 3 is 2.52 bits per heavy atom. The van der Waals surface area contributed by atoms with Crippen LogP contribution >= 0.6 is 15.9 Å². The van der Waals surface area contributed by atoms with Crippen LogP contribution in [0.5, 0.6) is 0 Å². The Morgan fingerprint density at radius 1 is 1.14 bits per heavy atom. The molecule has 0 aliphatic rings. The van der Waals surface area contributed by atoms with Gasteiger partial charge in [0.1, 0.15) is 0 Å². The van der Waals surface area contributed by atoms with E-state index in [0.717, 1.165) is 16.7 Å². The molecule has 2 aromatic carbocycles. The highest BCUT2D eigenvalue weighted by atomic mass is 79.9. The number of hydrogen-bond donors (Lipinski definition) is 2. The van der Waals surface area contributed by atoms with Crippen molar-refractivity contribution < 1.29 is 4.79 Å². The number of rotatable bonds is 6. The van der Waals surface area contributed by atoms with Crippen LogP contribution in [0.2, 0.25) is 0 Å². The molecule has 0 heterocycles. The van der Waals surface area contributed by atoms with Gasteiger partial charge in [-0.15, -0.1) is 6.58 Å². The van der Waals surface area contributed by atoms with E-state index in [0.29, 0.717) is 12.1 Å². The third kappa shape index (κ3) is 4.46. The molecule has 21 heavy (non-hydrogen) atoms. The quantitative estimate of drug-likeness (QED) is 0.778. The maximum Gasteiger partial charge on any atom is 0.251 e. The van der Waals surface area contributed by atoms with Gasteiger partial charge < -0.3 is 10.6 Å². The smallest absolute Gasteiger partial charge is 0.251 e. The molecule has 2 aromatic rings. The van der Waals surface area contributed by atoms with E-state index in [4.69, 9.17) is 0 Å². The zero-order valence-electron chi connectivity index (χ0n) is 11.6. The van der Waals surface area contributed by atoms with Crippen LogP contribution < -0.4 is 10.6 Å². The standard InChI is InChI=1S/C17H17BrN2O/c1-2-11-19-17(21)13-7-9-15(10-8-13)20-12-14-5-3-4-6-16(14)18/h2-10,20H,1,11-12H2,(H,19,21). The van der Waals surface area contributed by atoms with Crippen LogP contribution in [0.1, 0.15) is 15.9 Å². The summed E-state index contributed by atoms with van der Waals surface area (Å²) in [7, 11) is 0. The first-order valence-corrected chi connectivity index (χ1v) is 7.46. The minimum Gasteiger partial charge on any atom is -0.381 e. The topological polar surface area (TPSA) is 41.1 Å². The van der Waals surface area contributed by atoms with Crippen molar-refractivity contribution in [2.75, 3.05) is 11.9 Å². The summed E-state index contributed by atoms with van der Waals surface area (Å²) in [6, 6.07) is 15.5. The summed E-state index contributed by atoms with van der Waals surface area (Å²) >= 11 is 3.52. The van der Waals surface area contributed by atoms with Crippen LogP contribution in [-0.4, -0.2) is 12.5 Å². The molecule has 0 aliphatic carbocycles. The summed E-state index contributed by atoms with van der Waals surface area (Å²) in [5.41, 5.74) is 2.81. The molecule has 2 N–H and O–H groups in total. The fourth-order valence-corrected chi connectivity index (χ4v) is 2.27. The molecule has 2 rings (SSSR count). The van der Waals surface area contributed by atoms with Gasteiger partial charge in [-0.2, -0.15) is 0 Å². The summed E-state index contributed by atoms with van der Waals surface area (Å²) < 4.78 is 1.08. The lowest BCUT2D eigenvalue weighted by Gasteiger charge is -2.09. The molecule has 0 aliphatic heterocycles. The zero-order valence-corrected chi connectivity index (χ0v) is 13.2. The lowest BCUT2D eigenvalue weighted by atomic mass is 10.2. The first kappa shape index (κ1) is 15.3. The Hall–Kier alpha value is -2.07. The molecule has 3 nitrogen and oxygen atoms in total. The minimum atomic E-state index is -0.0905. The second-order valence-electron chi connectivity index (χ2n) is 4.52. The number of hydrogen-bond acceptors (Lipinski definition) is 2. The van der Waals surface area contributed by atoms with Crippen molar-refractivity contribution in [3.8, 4) is 0 Å². The van der Waals surface area contributed by atoms with Crippen molar-refractivity contribution in [1.82, 2.24) is 5.32 Å². The molecular weight excluding hydrogens is 328 g/mol. The van der Waals surface area contributed by atoms with Crippen LogP contribution in [0, 0.1) is 0 Å². The van der Waals surface area contributed by atoms with Gasteiger partial charge in [0.25, 0.3) is 5.91 Å². The van der Waals surface area contributed by atoms with E-state index in [-0.39, 0.29) is 5.91 Å². The van der Waals surface area contributed by atoms with E-state index >= 15 is 0 Å². The molecule has 0 bridgehead atoms. The van der Waals surface area contributed by atoms with Crippen LogP contribution in [0.25, 0.3) is 0 Å². The van der Waals surface area contributed by atoms with Gasteiger partial charge in [-0.25, -0.2) is 0 Å². The number of carbonyl (C=O) groups excluding carboxylic acids is 1. The highest BCUT2D eigenvalue weighted by Gasteiger charge is 2.04. The highest BCUT2D eigenvalue weighted by Crippen LogP contribution is 2.18. The maximum absolute atomic E-state index is 11.8. The molecule has 1 amide bonds. The van der Waals surface area contributed by atoms with Gasteiger partial charge in [-0.1, -0.05) is 40.2 Å². The summed E-state index contributed by atoms with van der Waals surface area (Å²) in [6.45, 7) is 4.77. The molecule has 108 valence electrons. The largest absolute Gasteiger partial charge is 0.381 e. The summed E-state index contributed by atoms with van der Waals surface area (Å²) in [4.78, 5) is 11.8. The van der Waals surface area contributed by atoms with Crippen molar-refractivity contribution in [2.45, 2.75) is 6.54 Å². The van der Waals surface area contributed by atoms with E-state index in [1.165, 1.54) is 5.56 Å². The third-order valence-corrected chi connectivity index (χ3v) is 3.77. The van der Waals surface area contributed by atoms with Gasteiger partial charge in [0.15, 0.2) is 0 Å². The zero-order chi connectivity index (χ0) is 15.1. The van der Waals surface area contributed by atoms with Gasteiger partial charge in [0, 0.05) is 28.8 Å². The lowest BCUT2D eigenvalue weighted by molar-refractivity contribution is 0.0958. The first-order chi connectivity index (χ1) is 10.2. The molecule has 0 unspecified atom stereocenters. The molecule has 4 heteroatoms. The number of halogens is 1. The van der Waals surface area contributed by atoms with Crippen molar-refractivity contribution in [3.05, 3.63) is 76.8 Å². The van der Waals surface area contributed by atoms with Crippen LogP contribution in [0.3, 0.4) is 0 Å². The van der Waals surface area contributed by atoms with Crippen molar-refractivity contribution in [3.63, 3.8) is 0 Å². The van der Waals surface area contributed by atoms with E-state index in [2.05, 4.69) is 39.2 Å². The van der Waals surface area contributed by atoms with E-state index in [9.17, 15) is 4.79 Å². The van der Waals surface area contributed by atoms with Gasteiger partial charge in [-0.05, 0) is 35.9 Å². The Labute approximate surface area is 133 Å². The minimum absolute atomic E-state index is 0.0905. The average Bonchev–Trinajstić information content (AvgIpc) is 2.52. The fraction of sp³-hybridized carbons (Fsp3) is 0.118. The Bertz CT molecular complexity index is 623. The average molecular weight is 345 g/mol. The Kier molecular flexibility index (Phi) is 5.58. The SMILES string of the molecule is C=CCNC(=O)c1ccc(NCc2ccccc2Br)cc1. The predicted molar refractivity (Wildman–Crippen MR) is 90.4 cm³/mol. The number of amides is 1. The molecule has 0 spiro atoms. The second kappa shape index (κ2) is 7.64. The molecule has 0 saturated heterocycles. The normalized spacial score (nSPS) is 9.95. The molecule has 0 saturated carbocycles. The number of carbonyl (C=O) groups is 1. The van der Waals surface area contributed by atoms with E-state index < -0.39 is 0 Å². The van der Waals surface area contributed by atoms with Crippen molar-refractivity contribution >= 4 is 27.5 Å². The highest BCUT2D eigenvalue weighted by molar-refractivity contribution is 9.10. The second-order valence-corrected chi connectivity index (χ2v) is 5.38. The third-order valence-electron chi connectivity index (χ3n) is 2.99. The van der Waals surface area contributed by atoms with Crippen molar-refractivity contribution in [1.29, 1.82) is 0 Å². The summed E-state index contributed by atoms with van der Waals surface area (Å²) in [5.74, 6) is -0.0905. The Morgan fingerprint density at radius 2 is 1.86 bits per heavy atom. The van der Waals surface area contributed by atoms with E-state index in [1.807, 2.05) is 30.3 Å². The molecule has 0 fully saturated rings. The monoisotopic (exact) mass is 344 g/mol. The molecule has 0 aromatic heterocycles. The van der Waals surface area contributed by atoms with Crippen LogP contribution in [0.4, 0.5) is 5.69 Å². The Balaban J connectivity index is 1.95. The number of benzene rings is 2. The van der Waals surface area contributed by atoms with Gasteiger partial charge in [-0.3, -0.25) is 4.79 Å². The van der Waals surface area contributed by atoms with Crippen LogP contribution in [0.15, 0.2) is 65.7 Å². The fourth-order valence-electron chi connectivity index (χ4n) is 1.85. The van der Waals surface area contributed by atoms with Gasteiger partial charge in [0.2, 0.25) is 0 Å². The van der Waals surface area contributed by atoms with Crippen molar-refractivity contribution in [2.24, 2.45) is 0 Å². The summed E-state index contributed by atoms with van der Waals surface area (Å²) in [5, 5.41) is 6.08. The van der Waals surface area contributed by atoms with Gasteiger partial charge >= 0.3 is 0 Å². The predicted octanol–water partition coefficient (Wildman–Crippen LogP) is 3.98. The molecule has 0 atom stereocenters. The summed E-state index contributed by atoms with van der Waals surface area (Å²) in [6.07, 6.45) is 1.66. The maximum atomic E-state index is 11.8. The van der Waals surface area contributed by atoms with Gasteiger partial charge in [0.05, 0.1) is 0 Å². The lowest BCUT2D eigenvalue weighted by Crippen LogP contribution is -2.23. The molecule has 0 radical (unpaired) electrons.